The molecule has 0 aromatic heterocycles. The molecule has 0 heterocycles. The molecule has 0 aliphatic heterocycles. The largest absolute Gasteiger partial charge is 0.238 e. The van der Waals surface area contributed by atoms with Gasteiger partial charge in [0.2, 0.25) is 10.0 Å². The van der Waals surface area contributed by atoms with E-state index in [-0.39, 0.29) is 4.90 Å². The summed E-state index contributed by atoms with van der Waals surface area (Å²) in [5.74, 6) is 0. The molecule has 0 fully saturated rings. The highest BCUT2D eigenvalue weighted by Gasteiger charge is 2.10. The van der Waals surface area contributed by atoms with Crippen molar-refractivity contribution in [3.8, 4) is 0 Å². The van der Waals surface area contributed by atoms with Crippen LogP contribution in [-0.4, -0.2) is 8.42 Å². The second-order valence-electron chi connectivity index (χ2n) is 2.77. The summed E-state index contributed by atoms with van der Waals surface area (Å²) < 4.78 is 22.0. The van der Waals surface area contributed by atoms with E-state index in [1.54, 1.807) is 25.1 Å². The average Bonchev–Trinajstić information content (AvgIpc) is 2.01. The van der Waals surface area contributed by atoms with Crippen LogP contribution in [0.2, 0.25) is 0 Å². The number of hydrogen-bond acceptors (Lipinski definition) is 2. The molecule has 0 saturated heterocycles. The maximum absolute atomic E-state index is 11.0. The Morgan fingerprint density at radius 1 is 1.46 bits per heavy atom. The zero-order valence-electron chi connectivity index (χ0n) is 7.32. The lowest BCUT2D eigenvalue weighted by Gasteiger charge is -2.03. The van der Waals surface area contributed by atoms with Gasteiger partial charge in [0.25, 0.3) is 0 Å². The summed E-state index contributed by atoms with van der Waals surface area (Å²) in [5.41, 5.74) is 1.52. The van der Waals surface area contributed by atoms with E-state index in [0.717, 1.165) is 5.56 Å². The molecule has 13 heavy (non-hydrogen) atoms. The van der Waals surface area contributed by atoms with Gasteiger partial charge in [-0.1, -0.05) is 24.8 Å². The molecule has 4 heteroatoms. The second kappa shape index (κ2) is 3.32. The molecular formula is C9H11NO2S. The molecule has 2 N–H and O–H groups in total. The molecule has 0 atom stereocenters. The third-order valence-corrected chi connectivity index (χ3v) is 2.81. The van der Waals surface area contributed by atoms with Gasteiger partial charge in [-0.15, -0.1) is 0 Å². The molecule has 1 aromatic rings. The Hall–Kier alpha value is -1.13. The quantitative estimate of drug-likeness (QED) is 0.776. The van der Waals surface area contributed by atoms with Gasteiger partial charge in [-0.05, 0) is 24.1 Å². The highest BCUT2D eigenvalue weighted by Crippen LogP contribution is 2.15. The maximum Gasteiger partial charge on any atom is 0.238 e. The summed E-state index contributed by atoms with van der Waals surface area (Å²) >= 11 is 0. The number of primary sulfonamides is 1. The van der Waals surface area contributed by atoms with Gasteiger partial charge in [0, 0.05) is 0 Å². The third kappa shape index (κ3) is 2.17. The highest BCUT2D eigenvalue weighted by atomic mass is 32.2. The number of rotatable bonds is 2. The van der Waals surface area contributed by atoms with Crippen LogP contribution in [0.4, 0.5) is 0 Å². The fourth-order valence-electron chi connectivity index (χ4n) is 1.12. The first-order valence-corrected chi connectivity index (χ1v) is 5.25. The number of aryl methyl sites for hydroxylation is 1. The lowest BCUT2D eigenvalue weighted by molar-refractivity contribution is 0.597. The first-order valence-electron chi connectivity index (χ1n) is 3.71. The molecule has 3 nitrogen and oxygen atoms in total. The summed E-state index contributed by atoms with van der Waals surface area (Å²) in [6.07, 6.45) is 1.65. The van der Waals surface area contributed by atoms with E-state index in [1.165, 1.54) is 6.07 Å². The lowest BCUT2D eigenvalue weighted by Crippen LogP contribution is -2.13. The number of benzene rings is 1. The number of nitrogens with two attached hydrogens (primary N) is 1. The average molecular weight is 197 g/mol. The van der Waals surface area contributed by atoms with Gasteiger partial charge < -0.3 is 0 Å². The van der Waals surface area contributed by atoms with E-state index in [1.807, 2.05) is 0 Å². The van der Waals surface area contributed by atoms with Crippen molar-refractivity contribution in [3.05, 3.63) is 35.9 Å². The monoisotopic (exact) mass is 197 g/mol. The summed E-state index contributed by atoms with van der Waals surface area (Å²) in [6.45, 7) is 5.28. The third-order valence-electron chi connectivity index (χ3n) is 1.74. The highest BCUT2D eigenvalue weighted by molar-refractivity contribution is 7.89. The molecule has 0 unspecified atom stereocenters. The standard InChI is InChI=1S/C9H11NO2S/c1-3-8-4-5-9(7(2)6-8)13(10,11)12/h3-6H,1H2,2H3,(H2,10,11,12). The van der Waals surface area contributed by atoms with Gasteiger partial charge in [-0.3, -0.25) is 0 Å². The van der Waals surface area contributed by atoms with Crippen molar-refractivity contribution in [3.63, 3.8) is 0 Å². The molecule has 0 aliphatic rings. The van der Waals surface area contributed by atoms with Crippen molar-refractivity contribution in [2.45, 2.75) is 11.8 Å². The van der Waals surface area contributed by atoms with Crippen LogP contribution in [0.3, 0.4) is 0 Å². The van der Waals surface area contributed by atoms with Crippen LogP contribution in [0, 0.1) is 6.92 Å². The molecule has 70 valence electrons. The van der Waals surface area contributed by atoms with Crippen molar-refractivity contribution in [1.29, 1.82) is 0 Å². The van der Waals surface area contributed by atoms with E-state index in [0.29, 0.717) is 5.56 Å². The first-order chi connectivity index (χ1) is 5.95. The predicted octanol–water partition coefficient (Wildman–Crippen LogP) is 1.29. The minimum absolute atomic E-state index is 0.165. The summed E-state index contributed by atoms with van der Waals surface area (Å²) in [4.78, 5) is 0.165. The molecule has 1 aromatic carbocycles. The van der Waals surface area contributed by atoms with Gasteiger partial charge in [-0.2, -0.15) is 0 Å². The van der Waals surface area contributed by atoms with Gasteiger partial charge in [0.1, 0.15) is 0 Å². The van der Waals surface area contributed by atoms with Crippen molar-refractivity contribution in [2.75, 3.05) is 0 Å². The molecule has 0 bridgehead atoms. The normalized spacial score (nSPS) is 11.2. The molecule has 0 aliphatic carbocycles. The van der Waals surface area contributed by atoms with E-state index in [9.17, 15) is 8.42 Å². The van der Waals surface area contributed by atoms with Crippen molar-refractivity contribution < 1.29 is 8.42 Å². The molecule has 0 saturated carbocycles. The summed E-state index contributed by atoms with van der Waals surface area (Å²) in [5, 5.41) is 5.00. The van der Waals surface area contributed by atoms with Gasteiger partial charge in [-0.25, -0.2) is 13.6 Å². The van der Waals surface area contributed by atoms with Crippen LogP contribution in [0.25, 0.3) is 6.08 Å². The Balaban J connectivity index is 3.37. The number of hydrogen-bond donors (Lipinski definition) is 1. The Morgan fingerprint density at radius 2 is 2.08 bits per heavy atom. The summed E-state index contributed by atoms with van der Waals surface area (Å²) in [6, 6.07) is 4.88. The molecule has 1 rings (SSSR count). The van der Waals surface area contributed by atoms with E-state index < -0.39 is 10.0 Å². The van der Waals surface area contributed by atoms with Crippen molar-refractivity contribution >= 4 is 16.1 Å². The zero-order chi connectivity index (χ0) is 10.1. The van der Waals surface area contributed by atoms with Crippen LogP contribution in [0.1, 0.15) is 11.1 Å². The molecule has 0 amide bonds. The van der Waals surface area contributed by atoms with Crippen LogP contribution in [0.5, 0.6) is 0 Å². The fraction of sp³-hybridized carbons (Fsp3) is 0.111. The van der Waals surface area contributed by atoms with E-state index in [4.69, 9.17) is 5.14 Å². The minimum atomic E-state index is -3.59. The van der Waals surface area contributed by atoms with Crippen molar-refractivity contribution in [1.82, 2.24) is 0 Å². The second-order valence-corrected chi connectivity index (χ2v) is 4.30. The predicted molar refractivity (Wildman–Crippen MR) is 52.6 cm³/mol. The van der Waals surface area contributed by atoms with E-state index in [2.05, 4.69) is 6.58 Å². The van der Waals surface area contributed by atoms with Crippen molar-refractivity contribution in [2.24, 2.45) is 5.14 Å². The van der Waals surface area contributed by atoms with Crippen LogP contribution in [-0.2, 0) is 10.0 Å². The number of sulfonamides is 1. The first kappa shape index (κ1) is 9.95. The smallest absolute Gasteiger partial charge is 0.225 e. The van der Waals surface area contributed by atoms with Gasteiger partial charge in [0.15, 0.2) is 0 Å². The van der Waals surface area contributed by atoms with Crippen LogP contribution < -0.4 is 5.14 Å². The van der Waals surface area contributed by atoms with Gasteiger partial charge in [0.05, 0.1) is 4.90 Å². The van der Waals surface area contributed by atoms with Gasteiger partial charge >= 0.3 is 0 Å². The van der Waals surface area contributed by atoms with E-state index >= 15 is 0 Å². The van der Waals surface area contributed by atoms with Crippen LogP contribution in [0.15, 0.2) is 29.7 Å². The molecule has 0 radical (unpaired) electrons. The molecule has 0 spiro atoms. The summed E-state index contributed by atoms with van der Waals surface area (Å²) in [7, 11) is -3.59. The Kier molecular flexibility index (Phi) is 2.54. The Bertz CT molecular complexity index is 435. The van der Waals surface area contributed by atoms with Crippen LogP contribution >= 0.6 is 0 Å². The zero-order valence-corrected chi connectivity index (χ0v) is 8.14. The fourth-order valence-corrected chi connectivity index (χ4v) is 1.88. The molecular weight excluding hydrogens is 186 g/mol. The Labute approximate surface area is 77.9 Å². The maximum atomic E-state index is 11.0. The lowest BCUT2D eigenvalue weighted by atomic mass is 10.1. The minimum Gasteiger partial charge on any atom is -0.225 e. The topological polar surface area (TPSA) is 60.2 Å². The SMILES string of the molecule is C=Cc1ccc(S(N)(=O)=O)c(C)c1. The Morgan fingerprint density at radius 3 is 2.46 bits per heavy atom.